The number of aliphatic hydroxyl groups excluding tert-OH is 1. The minimum absolute atomic E-state index is 0.0319. The Morgan fingerprint density at radius 3 is 2.26 bits per heavy atom. The number of carboxylic acids is 1. The number of rotatable bonds is 1. The molecule has 0 unspecified atom stereocenters. The molecule has 0 amide bonds. The smallest absolute Gasteiger partial charge is 0.310 e. The SMILES string of the molecule is C[C@@H]1CC[C@]2(C(=O)O)CC[C@@]3(C)C(=CC[C@@H]4[C@@]5(C)CC(=O)[C@@H](O)C(C)(C)[C@@H]5CC[C@@]43C)[C@@H]2[C@@]1(C)O. The van der Waals surface area contributed by atoms with Gasteiger partial charge in [-0.2, -0.15) is 0 Å². The lowest BCUT2D eigenvalue weighted by atomic mass is 9.33. The summed E-state index contributed by atoms with van der Waals surface area (Å²) >= 11 is 0. The zero-order valence-electron chi connectivity index (χ0n) is 22.8. The maximum atomic E-state index is 13.1. The number of ketones is 1. The van der Waals surface area contributed by atoms with E-state index in [-0.39, 0.29) is 45.7 Å². The number of aliphatic carboxylic acids is 1. The first kappa shape index (κ1) is 25.4. The number of fused-ring (bicyclic) bond motifs is 7. The maximum absolute atomic E-state index is 13.1. The van der Waals surface area contributed by atoms with Crippen LogP contribution in [0, 0.1) is 50.7 Å². The largest absolute Gasteiger partial charge is 0.481 e. The van der Waals surface area contributed by atoms with Gasteiger partial charge < -0.3 is 15.3 Å². The topological polar surface area (TPSA) is 94.8 Å². The summed E-state index contributed by atoms with van der Waals surface area (Å²) in [7, 11) is 0. The lowest BCUT2D eigenvalue weighted by Crippen LogP contribution is -2.68. The first-order valence-corrected chi connectivity index (χ1v) is 13.9. The highest BCUT2D eigenvalue weighted by molar-refractivity contribution is 5.85. The van der Waals surface area contributed by atoms with Crippen LogP contribution in [0.25, 0.3) is 0 Å². The van der Waals surface area contributed by atoms with E-state index in [2.05, 4.69) is 47.6 Å². The summed E-state index contributed by atoms with van der Waals surface area (Å²) < 4.78 is 0. The van der Waals surface area contributed by atoms with E-state index < -0.39 is 28.5 Å². The third kappa shape index (κ3) is 2.83. The van der Waals surface area contributed by atoms with Gasteiger partial charge in [-0.05, 0) is 85.9 Å². The van der Waals surface area contributed by atoms with Crippen LogP contribution in [0.2, 0.25) is 0 Å². The summed E-state index contributed by atoms with van der Waals surface area (Å²) in [5.74, 6) is -0.588. The molecule has 0 aromatic heterocycles. The van der Waals surface area contributed by atoms with Crippen LogP contribution < -0.4 is 0 Å². The highest BCUT2D eigenvalue weighted by atomic mass is 16.4. The van der Waals surface area contributed by atoms with E-state index in [4.69, 9.17) is 0 Å². The lowest BCUT2D eigenvalue weighted by Gasteiger charge is -2.71. The summed E-state index contributed by atoms with van der Waals surface area (Å²) in [4.78, 5) is 25.9. The molecular formula is C30H46O5. The van der Waals surface area contributed by atoms with Gasteiger partial charge in [-0.25, -0.2) is 0 Å². The Hall–Kier alpha value is -1.20. The fourth-order valence-electron chi connectivity index (χ4n) is 10.8. The molecule has 196 valence electrons. The number of allylic oxidation sites excluding steroid dienone is 1. The summed E-state index contributed by atoms with van der Waals surface area (Å²) in [6.45, 7) is 15.1. The third-order valence-electron chi connectivity index (χ3n) is 13.2. The first-order valence-electron chi connectivity index (χ1n) is 13.9. The van der Waals surface area contributed by atoms with E-state index >= 15 is 0 Å². The predicted octanol–water partition coefficient (Wildman–Crippen LogP) is 5.38. The van der Waals surface area contributed by atoms with Gasteiger partial charge in [-0.15, -0.1) is 0 Å². The normalized spacial score (nSPS) is 55.1. The molecule has 0 aromatic carbocycles. The van der Waals surface area contributed by atoms with Gasteiger partial charge in [0.05, 0.1) is 11.0 Å². The minimum Gasteiger partial charge on any atom is -0.481 e. The van der Waals surface area contributed by atoms with Crippen LogP contribution in [0.5, 0.6) is 0 Å². The van der Waals surface area contributed by atoms with Crippen molar-refractivity contribution in [1.82, 2.24) is 0 Å². The minimum atomic E-state index is -1.07. The van der Waals surface area contributed by atoms with Gasteiger partial charge in [-0.1, -0.05) is 53.2 Å². The van der Waals surface area contributed by atoms with Crippen LogP contribution in [0.1, 0.15) is 99.8 Å². The first-order chi connectivity index (χ1) is 16.0. The molecule has 3 N–H and O–H groups in total. The Balaban J connectivity index is 1.65. The molecule has 0 aromatic rings. The number of Topliss-reactive ketones (excluding diaryl/α,β-unsaturated/α-hetero) is 1. The average Bonchev–Trinajstić information content (AvgIpc) is 2.75. The molecule has 5 aliphatic carbocycles. The second-order valence-electron chi connectivity index (χ2n) is 14.7. The van der Waals surface area contributed by atoms with Crippen LogP contribution >= 0.6 is 0 Å². The summed E-state index contributed by atoms with van der Waals surface area (Å²) in [5.41, 5.74) is -1.78. The molecule has 35 heavy (non-hydrogen) atoms. The summed E-state index contributed by atoms with van der Waals surface area (Å²) in [5, 5.41) is 33.2. The molecule has 5 aliphatic rings. The van der Waals surface area contributed by atoms with Crippen molar-refractivity contribution >= 4 is 11.8 Å². The molecule has 5 rings (SSSR count). The quantitative estimate of drug-likeness (QED) is 0.432. The van der Waals surface area contributed by atoms with Crippen molar-refractivity contribution in [2.24, 2.45) is 50.7 Å². The number of carboxylic acid groups (broad SMARTS) is 1. The molecule has 4 fully saturated rings. The Labute approximate surface area is 210 Å². The number of carbonyl (C=O) groups excluding carboxylic acids is 1. The highest BCUT2D eigenvalue weighted by Gasteiger charge is 2.71. The molecule has 0 aliphatic heterocycles. The van der Waals surface area contributed by atoms with E-state index in [0.717, 1.165) is 32.1 Å². The van der Waals surface area contributed by atoms with Crippen molar-refractivity contribution in [2.75, 3.05) is 0 Å². The monoisotopic (exact) mass is 486 g/mol. The van der Waals surface area contributed by atoms with Gasteiger partial charge in [0.25, 0.3) is 0 Å². The maximum Gasteiger partial charge on any atom is 0.310 e. The van der Waals surface area contributed by atoms with Crippen LogP contribution in [0.15, 0.2) is 11.6 Å². The van der Waals surface area contributed by atoms with Gasteiger partial charge in [0.1, 0.15) is 6.10 Å². The predicted molar refractivity (Wildman–Crippen MR) is 134 cm³/mol. The van der Waals surface area contributed by atoms with Crippen molar-refractivity contribution < 1.29 is 24.9 Å². The Morgan fingerprint density at radius 1 is 0.971 bits per heavy atom. The van der Waals surface area contributed by atoms with E-state index in [1.54, 1.807) is 0 Å². The summed E-state index contributed by atoms with van der Waals surface area (Å²) in [6.07, 6.45) is 7.35. The Kier molecular flexibility index (Phi) is 5.25. The van der Waals surface area contributed by atoms with Crippen molar-refractivity contribution in [1.29, 1.82) is 0 Å². The molecule has 5 nitrogen and oxygen atoms in total. The molecule has 0 radical (unpaired) electrons. The van der Waals surface area contributed by atoms with E-state index in [0.29, 0.717) is 19.3 Å². The molecule has 0 bridgehead atoms. The molecule has 4 saturated carbocycles. The van der Waals surface area contributed by atoms with Crippen LogP contribution in [0.4, 0.5) is 0 Å². The van der Waals surface area contributed by atoms with Gasteiger partial charge in [0.15, 0.2) is 5.78 Å². The standard InChI is InChI=1S/C30H46O5/c1-17-10-13-30(24(33)34)15-14-27(5)18(22(30)29(17,7)35)8-9-21-26(4)16-19(31)23(32)25(2,3)20(26)11-12-28(21,27)6/h8,17,20-23,32,35H,9-16H2,1-7H3,(H,33,34)/t17-,20+,21-,22-,23-,26+,27+,28+,29+,30+/m1/s1. The highest BCUT2D eigenvalue weighted by Crippen LogP contribution is 2.75. The van der Waals surface area contributed by atoms with Crippen LogP contribution in [0.3, 0.4) is 0 Å². The van der Waals surface area contributed by atoms with Crippen molar-refractivity contribution in [3.63, 3.8) is 0 Å². The second-order valence-corrected chi connectivity index (χ2v) is 14.7. The van der Waals surface area contributed by atoms with Gasteiger partial charge in [-0.3, -0.25) is 9.59 Å². The molecule has 0 saturated heterocycles. The van der Waals surface area contributed by atoms with E-state index in [9.17, 15) is 24.9 Å². The van der Waals surface area contributed by atoms with Crippen molar-refractivity contribution in [3.8, 4) is 0 Å². The molecule has 0 spiro atoms. The molecule has 10 atom stereocenters. The zero-order chi connectivity index (χ0) is 26.0. The fraction of sp³-hybridized carbons (Fsp3) is 0.867. The second kappa shape index (κ2) is 7.22. The Bertz CT molecular complexity index is 995. The number of hydrogen-bond donors (Lipinski definition) is 3. The van der Waals surface area contributed by atoms with Gasteiger partial charge >= 0.3 is 5.97 Å². The van der Waals surface area contributed by atoms with E-state index in [1.807, 2.05) is 6.92 Å². The zero-order valence-corrected chi connectivity index (χ0v) is 22.8. The molecule has 0 heterocycles. The molecular weight excluding hydrogens is 440 g/mol. The Morgan fingerprint density at radius 2 is 1.63 bits per heavy atom. The van der Waals surface area contributed by atoms with Crippen molar-refractivity contribution in [3.05, 3.63) is 11.6 Å². The average molecular weight is 487 g/mol. The van der Waals surface area contributed by atoms with Crippen molar-refractivity contribution in [2.45, 2.75) is 112 Å². The van der Waals surface area contributed by atoms with E-state index in [1.165, 1.54) is 5.57 Å². The van der Waals surface area contributed by atoms with Crippen LogP contribution in [-0.4, -0.2) is 38.8 Å². The number of carbonyl (C=O) groups is 2. The summed E-state index contributed by atoms with van der Waals surface area (Å²) in [6, 6.07) is 0. The van der Waals surface area contributed by atoms with Gasteiger partial charge in [0, 0.05) is 17.8 Å². The fourth-order valence-corrected chi connectivity index (χ4v) is 10.8. The van der Waals surface area contributed by atoms with Crippen LogP contribution in [-0.2, 0) is 9.59 Å². The molecule has 5 heteroatoms. The number of aliphatic hydroxyl groups is 2. The number of hydrogen-bond acceptors (Lipinski definition) is 4. The van der Waals surface area contributed by atoms with Gasteiger partial charge in [0.2, 0.25) is 0 Å². The lowest BCUT2D eigenvalue weighted by molar-refractivity contribution is -0.215. The third-order valence-corrected chi connectivity index (χ3v) is 13.2.